The molecule has 2 N–H and O–H groups in total. The van der Waals surface area contributed by atoms with Crippen LogP contribution < -0.4 is 5.32 Å². The van der Waals surface area contributed by atoms with Crippen LogP contribution in [-0.2, 0) is 4.74 Å². The second-order valence-electron chi connectivity index (χ2n) is 6.64. The van der Waals surface area contributed by atoms with Gasteiger partial charge in [0.1, 0.15) is 12.4 Å². The predicted molar refractivity (Wildman–Crippen MR) is 105 cm³/mol. The molecule has 4 rings (SSSR count). The monoisotopic (exact) mass is 374 g/mol. The summed E-state index contributed by atoms with van der Waals surface area (Å²) in [5, 5.41) is 11.6. The third-order valence-electron chi connectivity index (χ3n) is 4.92. The molecule has 6 nitrogen and oxygen atoms in total. The Morgan fingerprint density at radius 1 is 1.07 bits per heavy atom. The summed E-state index contributed by atoms with van der Waals surface area (Å²) in [7, 11) is 0. The molecule has 140 valence electrons. The molecule has 28 heavy (non-hydrogen) atoms. The average molecular weight is 374 g/mol. The lowest BCUT2D eigenvalue weighted by Gasteiger charge is -2.14. The van der Waals surface area contributed by atoms with Crippen LogP contribution in [0.1, 0.15) is 33.0 Å². The van der Waals surface area contributed by atoms with Crippen LogP contribution in [0.4, 0.5) is 10.6 Å². The number of nitrogens with one attached hydrogen (secondary N) is 1. The summed E-state index contributed by atoms with van der Waals surface area (Å²) < 4.78 is 5.45. The maximum Gasteiger partial charge on any atom is 0.412 e. The van der Waals surface area contributed by atoms with Crippen LogP contribution in [0.2, 0.25) is 0 Å². The molecule has 0 saturated carbocycles. The molecular formula is C22H18N2O4. The maximum atomic E-state index is 12.2. The van der Waals surface area contributed by atoms with Crippen LogP contribution in [0.15, 0.2) is 60.8 Å². The second kappa shape index (κ2) is 7.15. The first-order valence-electron chi connectivity index (χ1n) is 8.86. The van der Waals surface area contributed by atoms with E-state index in [1.807, 2.05) is 24.3 Å². The van der Waals surface area contributed by atoms with E-state index < -0.39 is 12.1 Å². The third-order valence-corrected chi connectivity index (χ3v) is 4.92. The number of carboxylic acids is 1. The number of carbonyl (C=O) groups is 2. The van der Waals surface area contributed by atoms with Gasteiger partial charge in [0.2, 0.25) is 0 Å². The van der Waals surface area contributed by atoms with Crippen molar-refractivity contribution in [2.24, 2.45) is 0 Å². The van der Waals surface area contributed by atoms with E-state index >= 15 is 0 Å². The number of aryl methyl sites for hydroxylation is 1. The zero-order valence-corrected chi connectivity index (χ0v) is 15.2. The van der Waals surface area contributed by atoms with Crippen LogP contribution in [0.5, 0.6) is 0 Å². The van der Waals surface area contributed by atoms with Crippen molar-refractivity contribution in [1.82, 2.24) is 4.98 Å². The second-order valence-corrected chi connectivity index (χ2v) is 6.64. The predicted octanol–water partition coefficient (Wildman–Crippen LogP) is 4.45. The Bertz CT molecular complexity index is 1030. The van der Waals surface area contributed by atoms with Gasteiger partial charge in [0.15, 0.2) is 0 Å². The molecule has 0 bridgehead atoms. The van der Waals surface area contributed by atoms with E-state index in [0.717, 1.165) is 22.3 Å². The lowest BCUT2D eigenvalue weighted by Crippen LogP contribution is -2.18. The van der Waals surface area contributed by atoms with Gasteiger partial charge in [-0.15, -0.1) is 0 Å². The number of hydrogen-bond acceptors (Lipinski definition) is 4. The van der Waals surface area contributed by atoms with Crippen LogP contribution in [0, 0.1) is 6.92 Å². The molecule has 0 radical (unpaired) electrons. The molecule has 0 unspecified atom stereocenters. The highest BCUT2D eigenvalue weighted by molar-refractivity contribution is 5.90. The molecule has 2 aromatic carbocycles. The molecule has 0 fully saturated rings. The van der Waals surface area contributed by atoms with Gasteiger partial charge in [0.05, 0.1) is 5.56 Å². The Balaban J connectivity index is 1.47. The Labute approximate surface area is 161 Å². The summed E-state index contributed by atoms with van der Waals surface area (Å²) in [4.78, 5) is 27.2. The van der Waals surface area contributed by atoms with Gasteiger partial charge in [0.25, 0.3) is 0 Å². The number of anilines is 1. The van der Waals surface area contributed by atoms with Gasteiger partial charge >= 0.3 is 12.1 Å². The molecule has 0 saturated heterocycles. The van der Waals surface area contributed by atoms with E-state index in [9.17, 15) is 9.59 Å². The fraction of sp³-hybridized carbons (Fsp3) is 0.136. The molecule has 0 atom stereocenters. The lowest BCUT2D eigenvalue weighted by molar-refractivity contribution is 0.0695. The molecule has 1 aromatic heterocycles. The minimum absolute atomic E-state index is 0.0257. The van der Waals surface area contributed by atoms with Crippen LogP contribution >= 0.6 is 0 Å². The first-order chi connectivity index (χ1) is 13.5. The van der Waals surface area contributed by atoms with E-state index in [1.54, 1.807) is 6.92 Å². The summed E-state index contributed by atoms with van der Waals surface area (Å²) in [6.45, 7) is 1.85. The van der Waals surface area contributed by atoms with Gasteiger partial charge in [-0.2, -0.15) is 0 Å². The SMILES string of the molecule is Cc1cc(NC(=O)OCC2c3ccccc3-c3ccccc32)ncc1C(=O)O. The van der Waals surface area contributed by atoms with E-state index in [4.69, 9.17) is 9.84 Å². The van der Waals surface area contributed by atoms with Gasteiger partial charge < -0.3 is 9.84 Å². The minimum Gasteiger partial charge on any atom is -0.478 e. The number of pyridine rings is 1. The van der Waals surface area contributed by atoms with Crippen molar-refractivity contribution in [3.63, 3.8) is 0 Å². The number of rotatable bonds is 4. The Morgan fingerprint density at radius 2 is 1.68 bits per heavy atom. The number of carboxylic acid groups (broad SMARTS) is 1. The van der Waals surface area contributed by atoms with Crippen molar-refractivity contribution < 1.29 is 19.4 Å². The number of fused-ring (bicyclic) bond motifs is 3. The summed E-state index contributed by atoms with van der Waals surface area (Å²) in [5.74, 6) is -0.834. The third kappa shape index (κ3) is 3.20. The summed E-state index contributed by atoms with van der Waals surface area (Å²) in [6.07, 6.45) is 0.591. The van der Waals surface area contributed by atoms with E-state index in [1.165, 1.54) is 12.3 Å². The number of aromatic nitrogens is 1. The molecule has 1 heterocycles. The van der Waals surface area contributed by atoms with Gasteiger partial charge in [-0.05, 0) is 40.8 Å². The Morgan fingerprint density at radius 3 is 2.25 bits per heavy atom. The molecule has 3 aromatic rings. The molecule has 0 aliphatic heterocycles. The summed E-state index contributed by atoms with van der Waals surface area (Å²) in [5.41, 5.74) is 5.20. The number of hydrogen-bond donors (Lipinski definition) is 2. The largest absolute Gasteiger partial charge is 0.478 e. The molecule has 1 aliphatic rings. The van der Waals surface area contributed by atoms with Crippen molar-refractivity contribution in [3.05, 3.63) is 83.0 Å². The number of carbonyl (C=O) groups excluding carboxylic acids is 1. The first kappa shape index (κ1) is 17.7. The van der Waals surface area contributed by atoms with E-state index in [0.29, 0.717) is 5.56 Å². The van der Waals surface area contributed by atoms with Crippen molar-refractivity contribution in [3.8, 4) is 11.1 Å². The maximum absolute atomic E-state index is 12.2. The minimum atomic E-state index is -1.06. The topological polar surface area (TPSA) is 88.5 Å². The summed E-state index contributed by atoms with van der Waals surface area (Å²) >= 11 is 0. The highest BCUT2D eigenvalue weighted by Crippen LogP contribution is 2.44. The molecular weight excluding hydrogens is 356 g/mol. The van der Waals surface area contributed by atoms with Crippen molar-refractivity contribution >= 4 is 17.9 Å². The zero-order chi connectivity index (χ0) is 19.7. The van der Waals surface area contributed by atoms with Crippen molar-refractivity contribution in [1.29, 1.82) is 0 Å². The number of amides is 1. The average Bonchev–Trinajstić information content (AvgIpc) is 3.00. The van der Waals surface area contributed by atoms with Crippen LogP contribution in [0.25, 0.3) is 11.1 Å². The van der Waals surface area contributed by atoms with Crippen LogP contribution in [0.3, 0.4) is 0 Å². The fourth-order valence-corrected chi connectivity index (χ4v) is 3.59. The lowest BCUT2D eigenvalue weighted by atomic mass is 9.98. The van der Waals surface area contributed by atoms with Gasteiger partial charge in [-0.3, -0.25) is 5.32 Å². The zero-order valence-electron chi connectivity index (χ0n) is 15.2. The van der Waals surface area contributed by atoms with Gasteiger partial charge in [-0.25, -0.2) is 14.6 Å². The Hall–Kier alpha value is -3.67. The quantitative estimate of drug-likeness (QED) is 0.704. The first-order valence-corrected chi connectivity index (χ1v) is 8.86. The van der Waals surface area contributed by atoms with E-state index in [-0.39, 0.29) is 23.9 Å². The van der Waals surface area contributed by atoms with Gasteiger partial charge in [0, 0.05) is 12.1 Å². The van der Waals surface area contributed by atoms with Crippen molar-refractivity contribution in [2.45, 2.75) is 12.8 Å². The molecule has 1 amide bonds. The molecule has 6 heteroatoms. The van der Waals surface area contributed by atoms with Crippen LogP contribution in [-0.4, -0.2) is 28.8 Å². The fourth-order valence-electron chi connectivity index (χ4n) is 3.59. The number of benzene rings is 2. The number of nitrogens with zero attached hydrogens (tertiary/aromatic N) is 1. The highest BCUT2D eigenvalue weighted by atomic mass is 16.5. The van der Waals surface area contributed by atoms with Crippen molar-refractivity contribution in [2.75, 3.05) is 11.9 Å². The Kier molecular flexibility index (Phi) is 4.53. The molecule has 0 spiro atoms. The smallest absolute Gasteiger partial charge is 0.412 e. The number of aromatic carboxylic acids is 1. The standard InChI is InChI=1S/C22H18N2O4/c1-13-10-20(23-11-18(13)21(25)26)24-22(27)28-12-19-16-8-4-2-6-14(16)15-7-3-5-9-17(15)19/h2-11,19H,12H2,1H3,(H,25,26)(H,23,24,27). The van der Waals surface area contributed by atoms with E-state index in [2.05, 4.69) is 34.6 Å². The highest BCUT2D eigenvalue weighted by Gasteiger charge is 2.29. The number of ether oxygens (including phenoxy) is 1. The normalized spacial score (nSPS) is 12.2. The summed E-state index contributed by atoms with van der Waals surface area (Å²) in [6, 6.07) is 17.7. The molecule has 1 aliphatic carbocycles. The van der Waals surface area contributed by atoms with Gasteiger partial charge in [-0.1, -0.05) is 48.5 Å².